The molecule has 1 rings (SSSR count). The lowest BCUT2D eigenvalue weighted by molar-refractivity contribution is 0.802. The Bertz CT molecular complexity index is 372. The molecule has 0 saturated carbocycles. The fraction of sp³-hybridized carbons (Fsp3) is 0.500. The van der Waals surface area contributed by atoms with E-state index in [1.807, 2.05) is 18.7 Å². The zero-order valence-corrected chi connectivity index (χ0v) is 9.62. The molecule has 0 aliphatic carbocycles. The molecule has 0 amide bonds. The van der Waals surface area contributed by atoms with Gasteiger partial charge in [-0.15, -0.1) is 0 Å². The van der Waals surface area contributed by atoms with Gasteiger partial charge in [0.15, 0.2) is 0 Å². The smallest absolute Gasteiger partial charge is 0.224 e. The number of nitrogens with zero attached hydrogens (tertiary/aromatic N) is 4. The summed E-state index contributed by atoms with van der Waals surface area (Å²) in [6.07, 6.45) is 2.18. The summed E-state index contributed by atoms with van der Waals surface area (Å²) in [5, 5.41) is 8.79. The van der Waals surface area contributed by atoms with Crippen LogP contribution in [-0.2, 0) is 0 Å². The largest absolute Gasteiger partial charge is 0.355 e. The maximum atomic E-state index is 8.55. The maximum Gasteiger partial charge on any atom is 0.224 e. The van der Waals surface area contributed by atoms with Crippen LogP contribution < -0.4 is 4.90 Å². The van der Waals surface area contributed by atoms with Gasteiger partial charge in [-0.1, -0.05) is 0 Å². The summed E-state index contributed by atoms with van der Waals surface area (Å²) in [4.78, 5) is 10.1. The molecule has 0 spiro atoms. The fourth-order valence-electron chi connectivity index (χ4n) is 1.33. The van der Waals surface area contributed by atoms with Gasteiger partial charge in [0, 0.05) is 24.8 Å². The zero-order valence-electron chi connectivity index (χ0n) is 8.87. The molecule has 0 fully saturated rings. The van der Waals surface area contributed by atoms with Gasteiger partial charge in [0.2, 0.25) is 5.28 Å². The molecule has 0 aliphatic heterocycles. The second-order valence-electron chi connectivity index (χ2n) is 3.13. The summed E-state index contributed by atoms with van der Waals surface area (Å²) in [5.41, 5.74) is 0.971. The summed E-state index contributed by atoms with van der Waals surface area (Å²) < 4.78 is 0. The Balaban J connectivity index is 2.91. The highest BCUT2D eigenvalue weighted by molar-refractivity contribution is 6.28. The Morgan fingerprint density at radius 3 is 2.93 bits per heavy atom. The second kappa shape index (κ2) is 5.52. The molecule has 5 heteroatoms. The predicted octanol–water partition coefficient (Wildman–Crippen LogP) is 2.18. The molecule has 1 heterocycles. The van der Waals surface area contributed by atoms with Crippen molar-refractivity contribution in [3.63, 3.8) is 0 Å². The van der Waals surface area contributed by atoms with Crippen LogP contribution in [0.1, 0.15) is 18.9 Å². The highest BCUT2D eigenvalue weighted by Gasteiger charge is 2.09. The van der Waals surface area contributed by atoms with E-state index < -0.39 is 0 Å². The molecule has 0 aromatic carbocycles. The van der Waals surface area contributed by atoms with Crippen LogP contribution in [0.3, 0.4) is 0 Å². The number of rotatable bonds is 4. The van der Waals surface area contributed by atoms with Crippen molar-refractivity contribution < 1.29 is 0 Å². The Hall–Kier alpha value is -1.34. The van der Waals surface area contributed by atoms with Crippen molar-refractivity contribution in [2.45, 2.75) is 20.3 Å². The van der Waals surface area contributed by atoms with E-state index >= 15 is 0 Å². The number of hydrogen-bond donors (Lipinski definition) is 0. The van der Waals surface area contributed by atoms with Crippen molar-refractivity contribution in [3.05, 3.63) is 17.0 Å². The van der Waals surface area contributed by atoms with E-state index in [0.717, 1.165) is 17.9 Å². The molecule has 1 aromatic rings. The van der Waals surface area contributed by atoms with Crippen LogP contribution in [0.4, 0.5) is 5.82 Å². The Morgan fingerprint density at radius 1 is 1.60 bits per heavy atom. The lowest BCUT2D eigenvalue weighted by Crippen LogP contribution is -2.25. The monoisotopic (exact) mass is 224 g/mol. The maximum absolute atomic E-state index is 8.55. The van der Waals surface area contributed by atoms with Crippen molar-refractivity contribution >= 4 is 17.4 Å². The zero-order chi connectivity index (χ0) is 11.3. The van der Waals surface area contributed by atoms with Crippen LogP contribution in [0.25, 0.3) is 0 Å². The fourth-order valence-corrected chi connectivity index (χ4v) is 1.46. The first kappa shape index (κ1) is 11.7. The molecule has 1 aromatic heterocycles. The molecule has 0 radical (unpaired) electrons. The summed E-state index contributed by atoms with van der Waals surface area (Å²) in [5.74, 6) is 0.813. The van der Waals surface area contributed by atoms with Gasteiger partial charge < -0.3 is 4.90 Å². The molecule has 0 bridgehead atoms. The van der Waals surface area contributed by atoms with Gasteiger partial charge in [-0.3, -0.25) is 0 Å². The molecular weight excluding hydrogens is 212 g/mol. The first-order chi connectivity index (χ1) is 7.19. The van der Waals surface area contributed by atoms with Crippen LogP contribution in [-0.4, -0.2) is 23.1 Å². The first-order valence-electron chi connectivity index (χ1n) is 4.80. The van der Waals surface area contributed by atoms with Gasteiger partial charge in [-0.05, 0) is 25.4 Å². The van der Waals surface area contributed by atoms with Crippen molar-refractivity contribution in [1.82, 2.24) is 9.97 Å². The third-order valence-corrected chi connectivity index (χ3v) is 2.27. The van der Waals surface area contributed by atoms with Crippen LogP contribution >= 0.6 is 11.6 Å². The van der Waals surface area contributed by atoms with E-state index in [0.29, 0.717) is 13.0 Å². The number of aryl methyl sites for hydroxylation is 1. The lowest BCUT2D eigenvalue weighted by atomic mass is 10.3. The van der Waals surface area contributed by atoms with Gasteiger partial charge in [0.05, 0.1) is 12.5 Å². The van der Waals surface area contributed by atoms with Crippen LogP contribution in [0, 0.1) is 18.3 Å². The lowest BCUT2D eigenvalue weighted by Gasteiger charge is -2.22. The third-order valence-electron chi connectivity index (χ3n) is 2.09. The van der Waals surface area contributed by atoms with Crippen molar-refractivity contribution in [1.29, 1.82) is 5.26 Å². The van der Waals surface area contributed by atoms with Gasteiger partial charge in [-0.2, -0.15) is 5.26 Å². The minimum absolute atomic E-state index is 0.242. The standard InChI is InChI=1S/C10H13ClN4/c1-3-15(6-4-5-12)9-8(2)7-13-10(11)14-9/h7H,3-4,6H2,1-2H3. The van der Waals surface area contributed by atoms with E-state index in [9.17, 15) is 0 Å². The Labute approximate surface area is 94.5 Å². The summed E-state index contributed by atoms with van der Waals surface area (Å²) in [6, 6.07) is 2.12. The topological polar surface area (TPSA) is 52.8 Å². The summed E-state index contributed by atoms with van der Waals surface area (Å²) in [6.45, 7) is 5.42. The molecule has 0 N–H and O–H groups in total. The third kappa shape index (κ3) is 3.07. The SMILES string of the molecule is CCN(CCC#N)c1nc(Cl)ncc1C. The van der Waals surface area contributed by atoms with Crippen molar-refractivity contribution in [3.8, 4) is 6.07 Å². The van der Waals surface area contributed by atoms with Gasteiger partial charge in [-0.25, -0.2) is 9.97 Å². The van der Waals surface area contributed by atoms with Gasteiger partial charge in [0.1, 0.15) is 5.82 Å². The molecule has 80 valence electrons. The Morgan fingerprint density at radius 2 is 2.33 bits per heavy atom. The average molecular weight is 225 g/mol. The number of hydrogen-bond acceptors (Lipinski definition) is 4. The van der Waals surface area contributed by atoms with E-state index in [-0.39, 0.29) is 5.28 Å². The molecule has 4 nitrogen and oxygen atoms in total. The second-order valence-corrected chi connectivity index (χ2v) is 3.47. The van der Waals surface area contributed by atoms with Crippen LogP contribution in [0.5, 0.6) is 0 Å². The van der Waals surface area contributed by atoms with E-state index in [2.05, 4.69) is 16.0 Å². The quantitative estimate of drug-likeness (QED) is 0.736. The number of anilines is 1. The molecule has 0 atom stereocenters. The molecule has 0 unspecified atom stereocenters. The number of nitriles is 1. The summed E-state index contributed by atoms with van der Waals surface area (Å²) >= 11 is 5.74. The molecule has 0 saturated heterocycles. The summed E-state index contributed by atoms with van der Waals surface area (Å²) in [7, 11) is 0. The highest BCUT2D eigenvalue weighted by Crippen LogP contribution is 2.17. The number of halogens is 1. The first-order valence-corrected chi connectivity index (χ1v) is 5.17. The minimum atomic E-state index is 0.242. The van der Waals surface area contributed by atoms with Crippen molar-refractivity contribution in [2.75, 3.05) is 18.0 Å². The van der Waals surface area contributed by atoms with Gasteiger partial charge >= 0.3 is 0 Å². The molecular formula is C10H13ClN4. The molecule has 0 aliphatic rings. The van der Waals surface area contributed by atoms with E-state index in [1.165, 1.54) is 0 Å². The van der Waals surface area contributed by atoms with Gasteiger partial charge in [0.25, 0.3) is 0 Å². The normalized spacial score (nSPS) is 9.73. The highest BCUT2D eigenvalue weighted by atomic mass is 35.5. The van der Waals surface area contributed by atoms with Crippen LogP contribution in [0.15, 0.2) is 6.20 Å². The van der Waals surface area contributed by atoms with E-state index in [4.69, 9.17) is 16.9 Å². The minimum Gasteiger partial charge on any atom is -0.355 e. The van der Waals surface area contributed by atoms with Crippen molar-refractivity contribution in [2.24, 2.45) is 0 Å². The van der Waals surface area contributed by atoms with E-state index in [1.54, 1.807) is 6.20 Å². The van der Waals surface area contributed by atoms with Crippen LogP contribution in [0.2, 0.25) is 5.28 Å². The Kier molecular flexibility index (Phi) is 4.32. The average Bonchev–Trinajstić information content (AvgIpc) is 2.24. The molecule has 15 heavy (non-hydrogen) atoms. The number of aromatic nitrogens is 2. The predicted molar refractivity (Wildman–Crippen MR) is 59.9 cm³/mol.